The highest BCUT2D eigenvalue weighted by Gasteiger charge is 2.17. The summed E-state index contributed by atoms with van der Waals surface area (Å²) in [6, 6.07) is 13.2. The smallest absolute Gasteiger partial charge is 0.263 e. The Morgan fingerprint density at radius 3 is 2.43 bits per heavy atom. The molecule has 7 nitrogen and oxygen atoms in total. The van der Waals surface area contributed by atoms with Gasteiger partial charge in [-0.3, -0.25) is 9.89 Å². The van der Waals surface area contributed by atoms with Crippen LogP contribution in [0.3, 0.4) is 0 Å². The first-order valence-corrected chi connectivity index (χ1v) is 9.96. The highest BCUT2D eigenvalue weighted by molar-refractivity contribution is 5.95. The number of carbonyl (C=O) groups is 1. The number of aromatic amines is 1. The molecule has 0 saturated heterocycles. The first-order chi connectivity index (χ1) is 14.5. The zero-order valence-electron chi connectivity index (χ0n) is 17.7. The third-order valence-corrected chi connectivity index (χ3v) is 4.49. The molecule has 0 atom stereocenters. The summed E-state index contributed by atoms with van der Waals surface area (Å²) in [5, 5.41) is 10.0. The molecule has 1 heterocycles. The molecule has 3 aromatic rings. The summed E-state index contributed by atoms with van der Waals surface area (Å²) in [6.07, 6.45) is 0. The molecule has 7 heteroatoms. The summed E-state index contributed by atoms with van der Waals surface area (Å²) in [6.45, 7) is 8.65. The van der Waals surface area contributed by atoms with E-state index in [-0.39, 0.29) is 12.5 Å². The maximum Gasteiger partial charge on any atom is 0.263 e. The fourth-order valence-corrected chi connectivity index (χ4v) is 3.11. The second-order valence-electron chi connectivity index (χ2n) is 6.70. The van der Waals surface area contributed by atoms with Crippen molar-refractivity contribution in [3.63, 3.8) is 0 Å². The van der Waals surface area contributed by atoms with Gasteiger partial charge in [-0.25, -0.2) is 0 Å². The van der Waals surface area contributed by atoms with Crippen molar-refractivity contribution in [1.82, 2.24) is 10.2 Å². The standard InChI is InChI=1S/C23H27N3O4/c1-5-28-19-12-11-17(13-20(19)29-6-2)22-16(4)25-26-23(22)24-21(27)14-30-18-10-8-7-9-15(18)3/h7-13H,5-6,14H2,1-4H3,(H2,24,25,26,27). The van der Waals surface area contributed by atoms with E-state index in [2.05, 4.69) is 15.5 Å². The Bertz CT molecular complexity index is 1010. The summed E-state index contributed by atoms with van der Waals surface area (Å²) in [5.74, 6) is 2.16. The Morgan fingerprint density at radius 1 is 0.967 bits per heavy atom. The molecule has 2 aromatic carbocycles. The number of amides is 1. The first kappa shape index (κ1) is 21.2. The lowest BCUT2D eigenvalue weighted by Gasteiger charge is -2.13. The molecule has 0 radical (unpaired) electrons. The van der Waals surface area contributed by atoms with Gasteiger partial charge in [0.05, 0.1) is 13.2 Å². The van der Waals surface area contributed by atoms with Crippen LogP contribution in [0.5, 0.6) is 17.2 Å². The first-order valence-electron chi connectivity index (χ1n) is 9.96. The number of anilines is 1. The Labute approximate surface area is 176 Å². The number of rotatable bonds is 9. The van der Waals surface area contributed by atoms with Crippen LogP contribution >= 0.6 is 0 Å². The summed E-state index contributed by atoms with van der Waals surface area (Å²) in [4.78, 5) is 12.5. The molecule has 0 saturated carbocycles. The van der Waals surface area contributed by atoms with E-state index in [4.69, 9.17) is 14.2 Å². The van der Waals surface area contributed by atoms with Crippen molar-refractivity contribution < 1.29 is 19.0 Å². The molecular weight excluding hydrogens is 382 g/mol. The van der Waals surface area contributed by atoms with Crippen molar-refractivity contribution in [2.45, 2.75) is 27.7 Å². The van der Waals surface area contributed by atoms with E-state index in [1.54, 1.807) is 0 Å². The highest BCUT2D eigenvalue weighted by atomic mass is 16.5. The summed E-state index contributed by atoms with van der Waals surface area (Å²) < 4.78 is 17.0. The van der Waals surface area contributed by atoms with Gasteiger partial charge in [0.1, 0.15) is 5.75 Å². The lowest BCUT2D eigenvalue weighted by Crippen LogP contribution is -2.21. The molecule has 3 rings (SSSR count). The van der Waals surface area contributed by atoms with Gasteiger partial charge in [0.2, 0.25) is 0 Å². The van der Waals surface area contributed by atoms with Crippen LogP contribution in [0.15, 0.2) is 42.5 Å². The topological polar surface area (TPSA) is 85.5 Å². The maximum atomic E-state index is 12.5. The minimum Gasteiger partial charge on any atom is -0.490 e. The normalized spacial score (nSPS) is 10.5. The van der Waals surface area contributed by atoms with E-state index < -0.39 is 0 Å². The molecule has 1 aromatic heterocycles. The largest absolute Gasteiger partial charge is 0.490 e. The number of benzene rings is 2. The Hall–Kier alpha value is -3.48. The molecule has 30 heavy (non-hydrogen) atoms. The van der Waals surface area contributed by atoms with Gasteiger partial charge in [-0.05, 0) is 57.0 Å². The SMILES string of the molecule is CCOc1ccc(-c2c(NC(=O)COc3ccccc3C)n[nH]c2C)cc1OCC. The second-order valence-corrected chi connectivity index (χ2v) is 6.70. The summed E-state index contributed by atoms with van der Waals surface area (Å²) in [7, 11) is 0. The van der Waals surface area contributed by atoms with Crippen molar-refractivity contribution in [1.29, 1.82) is 0 Å². The number of H-pyrrole nitrogens is 1. The zero-order chi connectivity index (χ0) is 21.5. The van der Waals surface area contributed by atoms with Gasteiger partial charge < -0.3 is 19.5 Å². The fourth-order valence-electron chi connectivity index (χ4n) is 3.11. The predicted octanol–water partition coefficient (Wildman–Crippen LogP) is 4.51. The molecule has 0 bridgehead atoms. The third kappa shape index (κ3) is 4.92. The average Bonchev–Trinajstić information content (AvgIpc) is 3.09. The van der Waals surface area contributed by atoms with Crippen molar-refractivity contribution in [3.05, 3.63) is 53.7 Å². The second kappa shape index (κ2) is 9.82. The molecule has 0 aliphatic rings. The van der Waals surface area contributed by atoms with E-state index in [1.807, 2.05) is 70.2 Å². The van der Waals surface area contributed by atoms with E-state index in [9.17, 15) is 4.79 Å². The molecule has 0 aliphatic carbocycles. The van der Waals surface area contributed by atoms with Gasteiger partial charge in [-0.2, -0.15) is 5.10 Å². The summed E-state index contributed by atoms with van der Waals surface area (Å²) in [5.41, 5.74) is 3.46. The van der Waals surface area contributed by atoms with Crippen LogP contribution < -0.4 is 19.5 Å². The van der Waals surface area contributed by atoms with Gasteiger partial charge in [-0.15, -0.1) is 0 Å². The van der Waals surface area contributed by atoms with Crippen LogP contribution in [0.2, 0.25) is 0 Å². The van der Waals surface area contributed by atoms with E-state index in [1.165, 1.54) is 0 Å². The molecule has 0 fully saturated rings. The van der Waals surface area contributed by atoms with Gasteiger partial charge in [0, 0.05) is 11.3 Å². The van der Waals surface area contributed by atoms with Crippen LogP contribution in [0.25, 0.3) is 11.1 Å². The Balaban J connectivity index is 1.78. The number of nitrogens with one attached hydrogen (secondary N) is 2. The van der Waals surface area contributed by atoms with Gasteiger partial charge in [0.25, 0.3) is 5.91 Å². The third-order valence-electron chi connectivity index (χ3n) is 4.49. The summed E-state index contributed by atoms with van der Waals surface area (Å²) >= 11 is 0. The zero-order valence-corrected chi connectivity index (χ0v) is 17.7. The van der Waals surface area contributed by atoms with Gasteiger partial charge >= 0.3 is 0 Å². The van der Waals surface area contributed by atoms with E-state index >= 15 is 0 Å². The number of aryl methyl sites for hydroxylation is 2. The lowest BCUT2D eigenvalue weighted by molar-refractivity contribution is -0.118. The van der Waals surface area contributed by atoms with E-state index in [0.717, 1.165) is 22.4 Å². The van der Waals surface area contributed by atoms with Gasteiger partial charge in [-0.1, -0.05) is 24.3 Å². The number of para-hydroxylation sites is 1. The molecule has 2 N–H and O–H groups in total. The maximum absolute atomic E-state index is 12.5. The van der Waals surface area contributed by atoms with Crippen molar-refractivity contribution in [3.8, 4) is 28.4 Å². The highest BCUT2D eigenvalue weighted by Crippen LogP contribution is 2.36. The van der Waals surface area contributed by atoms with Crippen LogP contribution in [-0.4, -0.2) is 35.9 Å². The van der Waals surface area contributed by atoms with Crippen LogP contribution in [0.4, 0.5) is 5.82 Å². The van der Waals surface area contributed by atoms with Crippen LogP contribution in [-0.2, 0) is 4.79 Å². The molecule has 0 unspecified atom stereocenters. The van der Waals surface area contributed by atoms with Crippen LogP contribution in [0.1, 0.15) is 25.1 Å². The lowest BCUT2D eigenvalue weighted by atomic mass is 10.0. The fraction of sp³-hybridized carbons (Fsp3) is 0.304. The Kier molecular flexibility index (Phi) is 6.95. The monoisotopic (exact) mass is 409 g/mol. The number of aromatic nitrogens is 2. The van der Waals surface area contributed by atoms with E-state index in [0.29, 0.717) is 36.3 Å². The number of hydrogen-bond donors (Lipinski definition) is 2. The van der Waals surface area contributed by atoms with Crippen molar-refractivity contribution in [2.24, 2.45) is 0 Å². The quantitative estimate of drug-likeness (QED) is 0.543. The molecule has 0 aliphatic heterocycles. The van der Waals surface area contributed by atoms with Crippen molar-refractivity contribution in [2.75, 3.05) is 25.1 Å². The minimum atomic E-state index is -0.290. The molecule has 158 valence electrons. The number of hydrogen-bond acceptors (Lipinski definition) is 5. The minimum absolute atomic E-state index is 0.107. The molecule has 1 amide bonds. The van der Waals surface area contributed by atoms with Crippen molar-refractivity contribution >= 4 is 11.7 Å². The number of carbonyl (C=O) groups excluding carboxylic acids is 1. The molecule has 0 spiro atoms. The average molecular weight is 409 g/mol. The number of nitrogens with zero attached hydrogens (tertiary/aromatic N) is 1. The molecular formula is C23H27N3O4. The Morgan fingerprint density at radius 2 is 1.70 bits per heavy atom. The predicted molar refractivity (Wildman–Crippen MR) is 116 cm³/mol. The van der Waals surface area contributed by atoms with Crippen LogP contribution in [0, 0.1) is 13.8 Å². The van der Waals surface area contributed by atoms with Gasteiger partial charge in [0.15, 0.2) is 23.9 Å². The number of ether oxygens (including phenoxy) is 3.